The molecular formula is C21H19F5N4O3. The number of halogens is 5. The van der Waals surface area contributed by atoms with Crippen LogP contribution in [0.1, 0.15) is 34.5 Å². The summed E-state index contributed by atoms with van der Waals surface area (Å²) in [5, 5.41) is 2.46. The Morgan fingerprint density at radius 3 is 2.64 bits per heavy atom. The number of carbonyl (C=O) groups excluding carboxylic acids is 1. The molecule has 0 bridgehead atoms. The van der Waals surface area contributed by atoms with E-state index in [1.165, 1.54) is 19.1 Å². The number of benzene rings is 1. The molecule has 3 unspecified atom stereocenters. The van der Waals surface area contributed by atoms with Crippen LogP contribution < -0.4 is 15.8 Å². The van der Waals surface area contributed by atoms with E-state index in [4.69, 9.17) is 10.5 Å². The molecule has 33 heavy (non-hydrogen) atoms. The van der Waals surface area contributed by atoms with Gasteiger partial charge in [-0.25, -0.2) is 23.1 Å². The average molecular weight is 470 g/mol. The Bertz CT molecular complexity index is 1110. The molecule has 12 heteroatoms. The highest BCUT2D eigenvalue weighted by Gasteiger charge is 2.59. The topological polar surface area (TPSA) is 98.8 Å². The maximum Gasteiger partial charge on any atom is 0.387 e. The van der Waals surface area contributed by atoms with Crippen molar-refractivity contribution < 1.29 is 36.2 Å². The zero-order valence-electron chi connectivity index (χ0n) is 17.2. The number of hydrogen-bond acceptors (Lipinski definition) is 6. The molecule has 2 heterocycles. The van der Waals surface area contributed by atoms with Gasteiger partial charge >= 0.3 is 6.61 Å². The number of fused-ring (bicyclic) bond motifs is 1. The molecule has 7 nitrogen and oxygen atoms in total. The second-order valence-electron chi connectivity index (χ2n) is 7.78. The first kappa shape index (κ1) is 22.7. The van der Waals surface area contributed by atoms with Crippen molar-refractivity contribution >= 4 is 17.6 Å². The molecule has 1 aliphatic heterocycles. The molecule has 3 N–H and O–H groups in total. The Labute approximate surface area is 184 Å². The van der Waals surface area contributed by atoms with E-state index in [1.54, 1.807) is 0 Å². The third-order valence-corrected chi connectivity index (χ3v) is 5.83. The van der Waals surface area contributed by atoms with E-state index in [0.29, 0.717) is 12.8 Å². The van der Waals surface area contributed by atoms with E-state index in [2.05, 4.69) is 20.0 Å². The molecule has 1 aromatic heterocycles. The van der Waals surface area contributed by atoms with Crippen molar-refractivity contribution in [3.8, 4) is 5.75 Å². The number of nitrogens with one attached hydrogen (secondary N) is 1. The minimum atomic E-state index is -3.08. The number of amidine groups is 1. The van der Waals surface area contributed by atoms with Gasteiger partial charge in [-0.1, -0.05) is 0 Å². The van der Waals surface area contributed by atoms with Gasteiger partial charge in [-0.2, -0.15) is 8.78 Å². The summed E-state index contributed by atoms with van der Waals surface area (Å²) in [5.41, 5.74) is 3.08. The quantitative estimate of drug-likeness (QED) is 0.623. The van der Waals surface area contributed by atoms with Crippen molar-refractivity contribution in [2.45, 2.75) is 44.4 Å². The molecule has 0 spiro atoms. The summed E-state index contributed by atoms with van der Waals surface area (Å²) in [6.07, 6.45) is -1.90. The summed E-state index contributed by atoms with van der Waals surface area (Å²) in [4.78, 5) is 20.3. The number of pyridine rings is 1. The zero-order chi connectivity index (χ0) is 23.9. The predicted octanol–water partition coefficient (Wildman–Crippen LogP) is 3.97. The van der Waals surface area contributed by atoms with Gasteiger partial charge in [0.15, 0.2) is 5.54 Å². The number of carbonyl (C=O) groups is 1. The van der Waals surface area contributed by atoms with Gasteiger partial charge in [-0.15, -0.1) is 0 Å². The highest BCUT2D eigenvalue weighted by atomic mass is 19.3. The number of rotatable bonds is 6. The molecule has 2 aliphatic rings. The maximum absolute atomic E-state index is 14.8. The third kappa shape index (κ3) is 4.05. The van der Waals surface area contributed by atoms with Crippen molar-refractivity contribution in [3.05, 3.63) is 53.1 Å². The molecular weight excluding hydrogens is 451 g/mol. The monoisotopic (exact) mass is 470 g/mol. The fourth-order valence-corrected chi connectivity index (χ4v) is 4.20. The van der Waals surface area contributed by atoms with Crippen LogP contribution in [0, 0.1) is 18.7 Å². The van der Waals surface area contributed by atoms with E-state index in [1.807, 2.05) is 0 Å². The Morgan fingerprint density at radius 1 is 1.27 bits per heavy atom. The predicted molar refractivity (Wildman–Crippen MR) is 107 cm³/mol. The highest BCUT2D eigenvalue weighted by Crippen LogP contribution is 2.53. The minimum absolute atomic E-state index is 0.0154. The maximum atomic E-state index is 14.8. The lowest BCUT2D eigenvalue weighted by Crippen LogP contribution is -2.57. The fourth-order valence-electron chi connectivity index (χ4n) is 4.20. The lowest BCUT2D eigenvalue weighted by Gasteiger charge is -2.50. The molecule has 176 valence electrons. The first-order valence-corrected chi connectivity index (χ1v) is 9.94. The first-order chi connectivity index (χ1) is 15.6. The lowest BCUT2D eigenvalue weighted by molar-refractivity contribution is -0.0949. The van der Waals surface area contributed by atoms with Crippen molar-refractivity contribution in [3.63, 3.8) is 0 Å². The number of aryl methyl sites for hydroxylation is 1. The number of alkyl halides is 4. The van der Waals surface area contributed by atoms with Crippen LogP contribution in [0.15, 0.2) is 35.5 Å². The van der Waals surface area contributed by atoms with Crippen LogP contribution in [0.2, 0.25) is 0 Å². The Hall–Kier alpha value is -3.44. The number of nitrogens with two attached hydrogens (primary N) is 1. The van der Waals surface area contributed by atoms with Crippen LogP contribution in [0.3, 0.4) is 0 Å². The normalized spacial score (nSPS) is 23.9. The standard InChI is InChI=1S/C21H19F5N4O3/c1-9-6-11(32-19(25)26)8-28-16(9)17(31)29-10-2-4-14(22)13(7-10)21(18(23)24)12-3-5-15(12)33-20(27)30-21/h2,4,6-8,12,15,18-19H,3,5H2,1H3,(H2,27,30)(H,29,31). The average Bonchev–Trinajstić information content (AvgIpc) is 2.70. The highest BCUT2D eigenvalue weighted by molar-refractivity contribution is 6.03. The van der Waals surface area contributed by atoms with Gasteiger partial charge in [0, 0.05) is 17.2 Å². The molecule has 1 aliphatic carbocycles. The van der Waals surface area contributed by atoms with E-state index in [-0.39, 0.29) is 22.7 Å². The Balaban J connectivity index is 1.65. The molecule has 4 rings (SSSR count). The van der Waals surface area contributed by atoms with Gasteiger partial charge < -0.3 is 20.5 Å². The number of nitrogens with zero attached hydrogens (tertiary/aromatic N) is 2. The van der Waals surface area contributed by atoms with E-state index in [9.17, 15) is 26.7 Å². The summed E-state index contributed by atoms with van der Waals surface area (Å²) in [6.45, 7) is -1.60. The number of aliphatic imine (C=N–C) groups is 1. The minimum Gasteiger partial charge on any atom is -0.462 e. The summed E-state index contributed by atoms with van der Waals surface area (Å²) < 4.78 is 77.8. The molecule has 1 amide bonds. The number of ether oxygens (including phenoxy) is 2. The van der Waals surface area contributed by atoms with Crippen molar-refractivity contribution in [1.29, 1.82) is 0 Å². The molecule has 0 saturated heterocycles. The second-order valence-corrected chi connectivity index (χ2v) is 7.78. The van der Waals surface area contributed by atoms with Gasteiger partial charge in [0.05, 0.1) is 6.20 Å². The second kappa shape index (κ2) is 8.49. The SMILES string of the molecule is Cc1cc(OC(F)F)cnc1C(=O)Nc1ccc(F)c(C2(C(F)F)N=C(N)OC3CCC32)c1. The smallest absolute Gasteiger partial charge is 0.387 e. The first-order valence-electron chi connectivity index (χ1n) is 9.94. The molecule has 1 aromatic carbocycles. The summed E-state index contributed by atoms with van der Waals surface area (Å²) >= 11 is 0. The third-order valence-electron chi connectivity index (χ3n) is 5.83. The summed E-state index contributed by atoms with van der Waals surface area (Å²) in [7, 11) is 0. The van der Waals surface area contributed by atoms with Crippen LogP contribution in [-0.2, 0) is 10.3 Å². The van der Waals surface area contributed by atoms with E-state index >= 15 is 0 Å². The van der Waals surface area contributed by atoms with Crippen molar-refractivity contribution in [2.75, 3.05) is 5.32 Å². The number of amides is 1. The fraction of sp³-hybridized carbons (Fsp3) is 0.381. The summed E-state index contributed by atoms with van der Waals surface area (Å²) in [6, 6.07) is 3.98. The van der Waals surface area contributed by atoms with Gasteiger partial charge in [-0.05, 0) is 49.6 Å². The van der Waals surface area contributed by atoms with Crippen LogP contribution >= 0.6 is 0 Å². The number of hydrogen-bond donors (Lipinski definition) is 2. The number of aromatic nitrogens is 1. The van der Waals surface area contributed by atoms with Crippen LogP contribution in [-0.4, -0.2) is 36.1 Å². The van der Waals surface area contributed by atoms with Gasteiger partial charge in [-0.3, -0.25) is 4.79 Å². The summed E-state index contributed by atoms with van der Waals surface area (Å²) in [5.74, 6) is -2.69. The van der Waals surface area contributed by atoms with Crippen molar-refractivity contribution in [2.24, 2.45) is 16.6 Å². The Morgan fingerprint density at radius 2 is 2.03 bits per heavy atom. The van der Waals surface area contributed by atoms with Crippen LogP contribution in [0.25, 0.3) is 0 Å². The number of anilines is 1. The molecule has 0 radical (unpaired) electrons. The molecule has 2 aromatic rings. The molecule has 3 atom stereocenters. The van der Waals surface area contributed by atoms with Gasteiger partial charge in [0.25, 0.3) is 18.4 Å². The molecule has 1 saturated carbocycles. The van der Waals surface area contributed by atoms with Crippen LogP contribution in [0.5, 0.6) is 5.75 Å². The van der Waals surface area contributed by atoms with E-state index in [0.717, 1.165) is 18.3 Å². The van der Waals surface area contributed by atoms with Crippen molar-refractivity contribution in [1.82, 2.24) is 4.98 Å². The molecule has 1 fully saturated rings. The lowest BCUT2D eigenvalue weighted by atomic mass is 9.65. The zero-order valence-corrected chi connectivity index (χ0v) is 17.2. The Kier molecular flexibility index (Phi) is 5.85. The largest absolute Gasteiger partial charge is 0.462 e. The van der Waals surface area contributed by atoms with Gasteiger partial charge in [0.1, 0.15) is 23.4 Å². The van der Waals surface area contributed by atoms with E-state index < -0.39 is 53.9 Å². The van der Waals surface area contributed by atoms with Gasteiger partial charge in [0.2, 0.25) is 0 Å². The van der Waals surface area contributed by atoms with Crippen LogP contribution in [0.4, 0.5) is 27.6 Å².